The van der Waals surface area contributed by atoms with Crippen LogP contribution in [0.4, 0.5) is 0 Å². The van der Waals surface area contributed by atoms with Crippen LogP contribution in [-0.2, 0) is 4.74 Å². The quantitative estimate of drug-likeness (QED) is 0.605. The molecule has 18 heavy (non-hydrogen) atoms. The van der Waals surface area contributed by atoms with Gasteiger partial charge in [0.05, 0.1) is 13.2 Å². The number of hydrogen-bond donors (Lipinski definition) is 1. The first-order valence-electron chi connectivity index (χ1n) is 7.49. The van der Waals surface area contributed by atoms with E-state index in [0.717, 1.165) is 44.7 Å². The third kappa shape index (κ3) is 4.48. The average molecular weight is 253 g/mol. The van der Waals surface area contributed by atoms with E-state index >= 15 is 0 Å². The Kier molecular flexibility index (Phi) is 5.78. The molecule has 2 N–H and O–H groups in total. The minimum absolute atomic E-state index is 0.723. The summed E-state index contributed by atoms with van der Waals surface area (Å²) < 4.78 is 5.32. The number of aliphatic imine (C=N–C) groups is 1. The second-order valence-electron chi connectivity index (χ2n) is 5.51. The summed E-state index contributed by atoms with van der Waals surface area (Å²) in [4.78, 5) is 6.75. The van der Waals surface area contributed by atoms with Crippen molar-refractivity contribution in [3.8, 4) is 0 Å². The Morgan fingerprint density at radius 2 is 1.67 bits per heavy atom. The molecule has 2 fully saturated rings. The van der Waals surface area contributed by atoms with E-state index in [4.69, 9.17) is 10.5 Å². The van der Waals surface area contributed by atoms with Crippen LogP contribution in [0.1, 0.15) is 44.9 Å². The molecule has 1 aliphatic heterocycles. The van der Waals surface area contributed by atoms with Crippen molar-refractivity contribution >= 4 is 5.96 Å². The molecule has 0 aromatic carbocycles. The van der Waals surface area contributed by atoms with E-state index < -0.39 is 0 Å². The average Bonchev–Trinajstić information content (AvgIpc) is 2.38. The third-order valence-corrected chi connectivity index (χ3v) is 4.07. The SMILES string of the molecule is NC(=NCC1CCCCCCC1)N1CCOCC1. The summed E-state index contributed by atoms with van der Waals surface area (Å²) in [6.07, 6.45) is 9.64. The lowest BCUT2D eigenvalue weighted by Gasteiger charge is -2.28. The minimum Gasteiger partial charge on any atom is -0.378 e. The van der Waals surface area contributed by atoms with Crippen molar-refractivity contribution in [1.82, 2.24) is 4.90 Å². The van der Waals surface area contributed by atoms with Crippen LogP contribution in [0, 0.1) is 5.92 Å². The van der Waals surface area contributed by atoms with Crippen molar-refractivity contribution in [3.05, 3.63) is 0 Å². The fraction of sp³-hybridized carbons (Fsp3) is 0.929. The molecule has 0 unspecified atom stereocenters. The van der Waals surface area contributed by atoms with Crippen LogP contribution in [0.2, 0.25) is 0 Å². The monoisotopic (exact) mass is 253 g/mol. The van der Waals surface area contributed by atoms with Crippen LogP contribution >= 0.6 is 0 Å². The number of nitrogens with zero attached hydrogens (tertiary/aromatic N) is 2. The highest BCUT2D eigenvalue weighted by atomic mass is 16.5. The second kappa shape index (κ2) is 7.62. The summed E-state index contributed by atoms with van der Waals surface area (Å²) in [6, 6.07) is 0. The van der Waals surface area contributed by atoms with Crippen LogP contribution in [-0.4, -0.2) is 43.7 Å². The van der Waals surface area contributed by atoms with E-state index in [1.807, 2.05) is 0 Å². The Hall–Kier alpha value is -0.770. The molecule has 0 spiro atoms. The Morgan fingerprint density at radius 3 is 2.33 bits per heavy atom. The van der Waals surface area contributed by atoms with Crippen LogP contribution in [0.3, 0.4) is 0 Å². The standard InChI is InChI=1S/C14H27N3O/c15-14(17-8-10-18-11-9-17)16-12-13-6-4-2-1-3-5-7-13/h13H,1-12H2,(H2,15,16). The molecule has 1 aliphatic carbocycles. The van der Waals surface area contributed by atoms with E-state index in [0.29, 0.717) is 0 Å². The van der Waals surface area contributed by atoms with E-state index in [1.165, 1.54) is 44.9 Å². The number of rotatable bonds is 2. The zero-order valence-corrected chi connectivity index (χ0v) is 11.4. The highest BCUT2D eigenvalue weighted by Crippen LogP contribution is 2.22. The molecule has 2 aliphatic rings. The third-order valence-electron chi connectivity index (χ3n) is 4.07. The van der Waals surface area contributed by atoms with Gasteiger partial charge in [-0.05, 0) is 18.8 Å². The number of ether oxygens (including phenoxy) is 1. The number of morpholine rings is 1. The van der Waals surface area contributed by atoms with Crippen molar-refractivity contribution in [2.24, 2.45) is 16.6 Å². The normalized spacial score (nSPS) is 24.7. The predicted octanol–water partition coefficient (Wildman–Crippen LogP) is 1.99. The fourth-order valence-corrected chi connectivity index (χ4v) is 2.84. The molecule has 0 bridgehead atoms. The van der Waals surface area contributed by atoms with Gasteiger partial charge in [-0.2, -0.15) is 0 Å². The smallest absolute Gasteiger partial charge is 0.191 e. The van der Waals surface area contributed by atoms with E-state index in [9.17, 15) is 0 Å². The van der Waals surface area contributed by atoms with E-state index in [-0.39, 0.29) is 0 Å². The van der Waals surface area contributed by atoms with E-state index in [2.05, 4.69) is 9.89 Å². The summed E-state index contributed by atoms with van der Waals surface area (Å²) in [5.74, 6) is 1.48. The molecule has 4 nitrogen and oxygen atoms in total. The van der Waals surface area contributed by atoms with Gasteiger partial charge in [0.2, 0.25) is 0 Å². The molecule has 0 atom stereocenters. The number of nitrogens with two attached hydrogens (primary N) is 1. The van der Waals surface area contributed by atoms with Crippen molar-refractivity contribution in [2.75, 3.05) is 32.8 Å². The topological polar surface area (TPSA) is 50.8 Å². The molecule has 1 saturated carbocycles. The Bertz CT molecular complexity index is 254. The first-order valence-corrected chi connectivity index (χ1v) is 7.49. The molecular formula is C14H27N3O. The van der Waals surface area contributed by atoms with Crippen LogP contribution < -0.4 is 5.73 Å². The number of hydrogen-bond acceptors (Lipinski definition) is 2. The molecule has 1 saturated heterocycles. The molecule has 0 radical (unpaired) electrons. The summed E-state index contributed by atoms with van der Waals surface area (Å²) in [5, 5.41) is 0. The van der Waals surface area contributed by atoms with Gasteiger partial charge >= 0.3 is 0 Å². The molecule has 0 aromatic heterocycles. The summed E-state index contributed by atoms with van der Waals surface area (Å²) in [7, 11) is 0. The highest BCUT2D eigenvalue weighted by Gasteiger charge is 2.14. The lowest BCUT2D eigenvalue weighted by atomic mass is 9.91. The molecule has 0 aromatic rings. The minimum atomic E-state index is 0.723. The molecule has 2 rings (SSSR count). The van der Waals surface area contributed by atoms with Gasteiger partial charge in [-0.25, -0.2) is 0 Å². The maximum atomic E-state index is 6.06. The Labute approximate surface area is 111 Å². The maximum Gasteiger partial charge on any atom is 0.191 e. The van der Waals surface area contributed by atoms with Crippen LogP contribution in [0.15, 0.2) is 4.99 Å². The summed E-state index contributed by atoms with van der Waals surface area (Å²) >= 11 is 0. The summed E-state index contributed by atoms with van der Waals surface area (Å²) in [6.45, 7) is 4.25. The second-order valence-corrected chi connectivity index (χ2v) is 5.51. The van der Waals surface area contributed by atoms with Gasteiger partial charge in [-0.3, -0.25) is 4.99 Å². The van der Waals surface area contributed by atoms with Gasteiger partial charge < -0.3 is 15.4 Å². The first-order chi connectivity index (χ1) is 8.86. The molecule has 1 heterocycles. The van der Waals surface area contributed by atoms with Gasteiger partial charge in [0, 0.05) is 19.6 Å². The van der Waals surface area contributed by atoms with Crippen molar-refractivity contribution in [3.63, 3.8) is 0 Å². The Balaban J connectivity index is 1.76. The molecule has 104 valence electrons. The Morgan fingerprint density at radius 1 is 1.06 bits per heavy atom. The van der Waals surface area contributed by atoms with Crippen LogP contribution in [0.5, 0.6) is 0 Å². The van der Waals surface area contributed by atoms with Crippen molar-refractivity contribution < 1.29 is 4.74 Å². The maximum absolute atomic E-state index is 6.06. The zero-order chi connectivity index (χ0) is 12.6. The van der Waals surface area contributed by atoms with Crippen LogP contribution in [0.25, 0.3) is 0 Å². The predicted molar refractivity (Wildman–Crippen MR) is 74.7 cm³/mol. The van der Waals surface area contributed by atoms with Gasteiger partial charge in [0.25, 0.3) is 0 Å². The highest BCUT2D eigenvalue weighted by molar-refractivity contribution is 5.78. The number of guanidine groups is 1. The van der Waals surface area contributed by atoms with Crippen molar-refractivity contribution in [1.29, 1.82) is 0 Å². The van der Waals surface area contributed by atoms with Gasteiger partial charge in [-0.15, -0.1) is 0 Å². The largest absolute Gasteiger partial charge is 0.378 e. The fourth-order valence-electron chi connectivity index (χ4n) is 2.84. The molecule has 0 amide bonds. The van der Waals surface area contributed by atoms with Gasteiger partial charge in [0.15, 0.2) is 5.96 Å². The lowest BCUT2D eigenvalue weighted by Crippen LogP contribution is -2.45. The lowest BCUT2D eigenvalue weighted by molar-refractivity contribution is 0.0673. The van der Waals surface area contributed by atoms with Crippen molar-refractivity contribution in [2.45, 2.75) is 44.9 Å². The van der Waals surface area contributed by atoms with Gasteiger partial charge in [-0.1, -0.05) is 32.1 Å². The van der Waals surface area contributed by atoms with E-state index in [1.54, 1.807) is 0 Å². The zero-order valence-electron chi connectivity index (χ0n) is 11.4. The molecular weight excluding hydrogens is 226 g/mol. The summed E-state index contributed by atoms with van der Waals surface area (Å²) in [5.41, 5.74) is 6.06. The van der Waals surface area contributed by atoms with Gasteiger partial charge in [0.1, 0.15) is 0 Å². The molecule has 4 heteroatoms. The first kappa shape index (κ1) is 13.7.